The Morgan fingerprint density at radius 1 is 1.10 bits per heavy atom. The summed E-state index contributed by atoms with van der Waals surface area (Å²) in [5.74, 6) is 0. The fourth-order valence-corrected chi connectivity index (χ4v) is 3.65. The van der Waals surface area contributed by atoms with Crippen molar-refractivity contribution in [2.45, 2.75) is 36.2 Å². The highest BCUT2D eigenvalue weighted by Crippen LogP contribution is 2.35. The Kier molecular flexibility index (Phi) is 6.45. The van der Waals surface area contributed by atoms with Gasteiger partial charge in [0.15, 0.2) is 0 Å². The molecule has 0 atom stereocenters. The Bertz CT molecular complexity index is 632. The first-order valence-corrected chi connectivity index (χ1v) is 8.97. The Balaban J connectivity index is 2.24. The molecule has 5 heteroatoms. The van der Waals surface area contributed by atoms with Crippen molar-refractivity contribution in [2.75, 3.05) is 0 Å². The Hall–Kier alpha value is -0.190. The first kappa shape index (κ1) is 17.2. The molecule has 112 valence electrons. The predicted octanol–water partition coefficient (Wildman–Crippen LogP) is 6.41. The number of hydrogen-bond acceptors (Lipinski definition) is 2. The second-order valence-corrected chi connectivity index (χ2v) is 7.81. The number of hydrogen-bond donors (Lipinski definition) is 1. The minimum Gasteiger partial charge on any atom is -0.310 e. The molecule has 0 spiro atoms. The van der Waals surface area contributed by atoms with Gasteiger partial charge in [-0.15, -0.1) is 0 Å². The van der Waals surface area contributed by atoms with Crippen molar-refractivity contribution < 1.29 is 0 Å². The van der Waals surface area contributed by atoms with E-state index in [2.05, 4.69) is 53.3 Å². The minimum absolute atomic E-state index is 0.455. The van der Waals surface area contributed by atoms with E-state index in [0.717, 1.165) is 15.9 Å². The summed E-state index contributed by atoms with van der Waals surface area (Å²) in [6, 6.07) is 12.5. The smallest absolute Gasteiger partial charge is 0.0603 e. The maximum absolute atomic E-state index is 6.09. The molecule has 0 saturated carbocycles. The van der Waals surface area contributed by atoms with E-state index in [4.69, 9.17) is 23.2 Å². The van der Waals surface area contributed by atoms with E-state index in [-0.39, 0.29) is 0 Å². The van der Waals surface area contributed by atoms with E-state index in [1.165, 1.54) is 10.5 Å². The van der Waals surface area contributed by atoms with Crippen LogP contribution in [-0.4, -0.2) is 6.04 Å². The zero-order valence-electron chi connectivity index (χ0n) is 11.8. The van der Waals surface area contributed by atoms with Crippen LogP contribution in [0.3, 0.4) is 0 Å². The van der Waals surface area contributed by atoms with Gasteiger partial charge in [-0.2, -0.15) is 0 Å². The topological polar surface area (TPSA) is 12.0 Å². The van der Waals surface area contributed by atoms with Gasteiger partial charge >= 0.3 is 0 Å². The van der Waals surface area contributed by atoms with Crippen LogP contribution in [0.15, 0.2) is 50.7 Å². The minimum atomic E-state index is 0.455. The predicted molar refractivity (Wildman–Crippen MR) is 96.7 cm³/mol. The highest BCUT2D eigenvalue weighted by atomic mass is 79.9. The van der Waals surface area contributed by atoms with Crippen LogP contribution in [0.5, 0.6) is 0 Å². The van der Waals surface area contributed by atoms with E-state index in [0.29, 0.717) is 16.1 Å². The molecular formula is C16H16BrCl2NS. The van der Waals surface area contributed by atoms with Gasteiger partial charge in [0, 0.05) is 26.9 Å². The van der Waals surface area contributed by atoms with Crippen molar-refractivity contribution in [3.8, 4) is 0 Å². The van der Waals surface area contributed by atoms with Gasteiger partial charge in [0.05, 0.1) is 10.0 Å². The second kappa shape index (κ2) is 7.89. The Morgan fingerprint density at radius 3 is 2.52 bits per heavy atom. The second-order valence-electron chi connectivity index (χ2n) is 4.97. The summed E-state index contributed by atoms with van der Waals surface area (Å²) in [7, 11) is 0. The molecule has 0 radical (unpaired) electrons. The van der Waals surface area contributed by atoms with Gasteiger partial charge in [0.25, 0.3) is 0 Å². The van der Waals surface area contributed by atoms with Crippen molar-refractivity contribution in [1.82, 2.24) is 5.32 Å². The van der Waals surface area contributed by atoms with Crippen LogP contribution in [0, 0.1) is 0 Å². The number of nitrogens with one attached hydrogen (secondary N) is 1. The standard InChI is InChI=1S/C16H16BrCl2NS/c1-10(2)20-9-11-3-4-12(17)7-16(11)21-13-5-6-14(18)15(19)8-13/h3-8,10,20H,9H2,1-2H3. The molecule has 0 aliphatic heterocycles. The molecule has 0 aliphatic rings. The summed E-state index contributed by atoms with van der Waals surface area (Å²) in [6.07, 6.45) is 0. The lowest BCUT2D eigenvalue weighted by Gasteiger charge is -2.13. The van der Waals surface area contributed by atoms with Crippen molar-refractivity contribution in [3.63, 3.8) is 0 Å². The molecule has 0 bridgehead atoms. The third-order valence-corrected chi connectivity index (χ3v) is 5.17. The van der Waals surface area contributed by atoms with Crippen LogP contribution in [0.4, 0.5) is 0 Å². The van der Waals surface area contributed by atoms with E-state index in [9.17, 15) is 0 Å². The zero-order valence-corrected chi connectivity index (χ0v) is 15.7. The van der Waals surface area contributed by atoms with Crippen LogP contribution in [-0.2, 0) is 6.54 Å². The number of benzene rings is 2. The van der Waals surface area contributed by atoms with Crippen molar-refractivity contribution in [3.05, 3.63) is 56.5 Å². The van der Waals surface area contributed by atoms with Gasteiger partial charge in [-0.1, -0.05) is 70.8 Å². The van der Waals surface area contributed by atoms with Crippen molar-refractivity contribution >= 4 is 50.9 Å². The summed E-state index contributed by atoms with van der Waals surface area (Å²) in [5.41, 5.74) is 1.27. The van der Waals surface area contributed by atoms with Gasteiger partial charge in [0.1, 0.15) is 0 Å². The van der Waals surface area contributed by atoms with Crippen LogP contribution >= 0.6 is 50.9 Å². The molecule has 0 fully saturated rings. The van der Waals surface area contributed by atoms with E-state index in [1.807, 2.05) is 18.2 Å². The van der Waals surface area contributed by atoms with Gasteiger partial charge in [-0.25, -0.2) is 0 Å². The molecule has 2 rings (SSSR count). The molecular weight excluding hydrogens is 389 g/mol. The first-order valence-electron chi connectivity index (χ1n) is 6.60. The van der Waals surface area contributed by atoms with Crippen LogP contribution in [0.1, 0.15) is 19.4 Å². The normalized spacial score (nSPS) is 11.1. The molecule has 0 heterocycles. The van der Waals surface area contributed by atoms with Crippen molar-refractivity contribution in [1.29, 1.82) is 0 Å². The SMILES string of the molecule is CC(C)NCc1ccc(Br)cc1Sc1ccc(Cl)c(Cl)c1. The molecule has 1 N–H and O–H groups in total. The maximum atomic E-state index is 6.09. The average molecular weight is 405 g/mol. The van der Waals surface area contributed by atoms with E-state index in [1.54, 1.807) is 11.8 Å². The van der Waals surface area contributed by atoms with Gasteiger partial charge < -0.3 is 5.32 Å². The molecule has 2 aromatic rings. The van der Waals surface area contributed by atoms with Gasteiger partial charge in [0.2, 0.25) is 0 Å². The summed E-state index contributed by atoms with van der Waals surface area (Å²) in [5, 5.41) is 4.61. The van der Waals surface area contributed by atoms with Gasteiger partial charge in [-0.3, -0.25) is 0 Å². The fraction of sp³-hybridized carbons (Fsp3) is 0.250. The average Bonchev–Trinajstić information content (AvgIpc) is 2.42. The lowest BCUT2D eigenvalue weighted by atomic mass is 10.2. The van der Waals surface area contributed by atoms with Crippen LogP contribution in [0.2, 0.25) is 10.0 Å². The quantitative estimate of drug-likeness (QED) is 0.618. The molecule has 1 nitrogen and oxygen atoms in total. The third kappa shape index (κ3) is 5.19. The fourth-order valence-electron chi connectivity index (χ4n) is 1.75. The molecule has 0 aliphatic carbocycles. The lowest BCUT2D eigenvalue weighted by molar-refractivity contribution is 0.584. The summed E-state index contributed by atoms with van der Waals surface area (Å²) >= 11 is 17.3. The third-order valence-electron chi connectivity index (χ3n) is 2.85. The van der Waals surface area contributed by atoms with E-state index >= 15 is 0 Å². The zero-order chi connectivity index (χ0) is 15.4. The molecule has 0 aromatic heterocycles. The van der Waals surface area contributed by atoms with Crippen LogP contribution in [0.25, 0.3) is 0 Å². The van der Waals surface area contributed by atoms with Gasteiger partial charge in [-0.05, 0) is 35.9 Å². The highest BCUT2D eigenvalue weighted by Gasteiger charge is 2.08. The Morgan fingerprint density at radius 2 is 1.86 bits per heavy atom. The summed E-state index contributed by atoms with van der Waals surface area (Å²) in [6.45, 7) is 5.13. The maximum Gasteiger partial charge on any atom is 0.0603 e. The Labute approximate surface area is 148 Å². The lowest BCUT2D eigenvalue weighted by Crippen LogP contribution is -2.22. The van der Waals surface area contributed by atoms with Crippen LogP contribution < -0.4 is 5.32 Å². The molecule has 0 unspecified atom stereocenters. The van der Waals surface area contributed by atoms with E-state index < -0.39 is 0 Å². The molecule has 0 amide bonds. The molecule has 2 aromatic carbocycles. The largest absolute Gasteiger partial charge is 0.310 e. The van der Waals surface area contributed by atoms with Crippen molar-refractivity contribution in [2.24, 2.45) is 0 Å². The first-order chi connectivity index (χ1) is 9.95. The summed E-state index contributed by atoms with van der Waals surface area (Å²) in [4.78, 5) is 2.28. The highest BCUT2D eigenvalue weighted by molar-refractivity contribution is 9.10. The summed E-state index contributed by atoms with van der Waals surface area (Å²) < 4.78 is 1.07. The molecule has 0 saturated heterocycles. The monoisotopic (exact) mass is 403 g/mol. The molecule has 21 heavy (non-hydrogen) atoms. The number of halogens is 3. The number of rotatable bonds is 5.